The molecule has 16 heteroatoms. The Morgan fingerprint density at radius 2 is 1.52 bits per heavy atom. The molecule has 61 heavy (non-hydrogen) atoms. The fourth-order valence-electron chi connectivity index (χ4n) is 6.99. The van der Waals surface area contributed by atoms with Gasteiger partial charge in [0.05, 0.1) is 64.7 Å². The van der Waals surface area contributed by atoms with Gasteiger partial charge in [-0.2, -0.15) is 9.97 Å². The molecule has 4 heterocycles. The van der Waals surface area contributed by atoms with Crippen molar-refractivity contribution in [3.63, 3.8) is 0 Å². The van der Waals surface area contributed by atoms with E-state index in [4.69, 9.17) is 33.8 Å². The number of nitrogens with one attached hydrogen (secondary N) is 2. The first-order chi connectivity index (χ1) is 29.7. The number of aromatic nitrogens is 5. The van der Waals surface area contributed by atoms with Crippen LogP contribution in [0.25, 0.3) is 44.2 Å². The number of imidazole rings is 1. The number of rotatable bonds is 22. The van der Waals surface area contributed by atoms with Crippen molar-refractivity contribution in [3.8, 4) is 17.0 Å². The van der Waals surface area contributed by atoms with Gasteiger partial charge in [0.15, 0.2) is 5.65 Å². The van der Waals surface area contributed by atoms with Crippen molar-refractivity contribution in [2.75, 3.05) is 77.6 Å². The van der Waals surface area contributed by atoms with Gasteiger partial charge in [0.2, 0.25) is 17.7 Å². The topological polar surface area (TPSA) is 194 Å². The zero-order valence-corrected chi connectivity index (χ0v) is 35.0. The first kappa shape index (κ1) is 42.8. The summed E-state index contributed by atoms with van der Waals surface area (Å²) in [6, 6.07) is 21.5. The molecule has 320 valence electrons. The number of hydrogen-bond donors (Lipinski definition) is 3. The third-order valence-corrected chi connectivity index (χ3v) is 10.4. The number of aromatic amines is 1. The Morgan fingerprint density at radius 1 is 0.852 bits per heavy atom. The van der Waals surface area contributed by atoms with E-state index in [0.29, 0.717) is 94.1 Å². The van der Waals surface area contributed by atoms with E-state index in [2.05, 4.69) is 43.7 Å². The summed E-state index contributed by atoms with van der Waals surface area (Å²) >= 11 is 0. The predicted octanol–water partition coefficient (Wildman–Crippen LogP) is 5.70. The van der Waals surface area contributed by atoms with Gasteiger partial charge in [-0.05, 0) is 66.4 Å². The number of nitrogen functional groups attached to an aromatic ring is 1. The second-order valence-corrected chi connectivity index (χ2v) is 14.7. The molecule has 0 bridgehead atoms. The Balaban J connectivity index is 0.730. The van der Waals surface area contributed by atoms with Crippen LogP contribution in [0.5, 0.6) is 5.88 Å². The van der Waals surface area contributed by atoms with Crippen LogP contribution in [0.2, 0.25) is 0 Å². The summed E-state index contributed by atoms with van der Waals surface area (Å²) in [5.74, 6) is 0.335. The van der Waals surface area contributed by atoms with Gasteiger partial charge in [0, 0.05) is 61.3 Å². The molecular weight excluding hydrogens is 781 g/mol. The van der Waals surface area contributed by atoms with Gasteiger partial charge in [0.1, 0.15) is 17.7 Å². The lowest BCUT2D eigenvalue weighted by Gasteiger charge is -2.12. The van der Waals surface area contributed by atoms with Crippen LogP contribution >= 0.6 is 0 Å². The van der Waals surface area contributed by atoms with E-state index in [1.54, 1.807) is 0 Å². The number of nitrogens with two attached hydrogens (primary N) is 1. The predicted molar refractivity (Wildman–Crippen MR) is 234 cm³/mol. The molecule has 0 fully saturated rings. The minimum atomic E-state index is -0.353. The number of anilines is 2. The molecular formula is C45H52N8O8. The molecule has 7 aromatic rings. The van der Waals surface area contributed by atoms with Crippen molar-refractivity contribution in [2.24, 2.45) is 0 Å². The SMILES string of the molecule is Cc1c(C)n(CCOCCOCCOCCOCCC(=O)NCc2ccc(COc3nc(N)nc4nc[nH]c34)cc2)c2ccc3oc(=O)c(-c4ccc(N(C)C)cc4)cc3c12. The minimum Gasteiger partial charge on any atom is -0.471 e. The highest BCUT2D eigenvalue weighted by molar-refractivity contribution is 6.08. The van der Waals surface area contributed by atoms with E-state index in [0.717, 1.165) is 49.9 Å². The van der Waals surface area contributed by atoms with Crippen LogP contribution in [0, 0.1) is 13.8 Å². The number of carbonyl (C=O) groups excluding carboxylic acids is 1. The van der Waals surface area contributed by atoms with Gasteiger partial charge in [-0.3, -0.25) is 4.79 Å². The molecule has 0 unspecified atom stereocenters. The molecule has 16 nitrogen and oxygen atoms in total. The molecule has 0 aliphatic carbocycles. The third-order valence-electron chi connectivity index (χ3n) is 10.4. The second kappa shape index (κ2) is 20.3. The highest BCUT2D eigenvalue weighted by Gasteiger charge is 2.17. The fraction of sp³-hybridized carbons (Fsp3) is 0.356. The number of aryl methyl sites for hydroxylation is 1. The largest absolute Gasteiger partial charge is 0.471 e. The van der Waals surface area contributed by atoms with Crippen LogP contribution in [-0.4, -0.2) is 97.4 Å². The summed E-state index contributed by atoms with van der Waals surface area (Å²) in [6.07, 6.45) is 1.77. The molecule has 0 saturated carbocycles. The van der Waals surface area contributed by atoms with E-state index >= 15 is 0 Å². The average molecular weight is 833 g/mol. The summed E-state index contributed by atoms with van der Waals surface area (Å²) < 4.78 is 36.7. The quantitative estimate of drug-likeness (QED) is 0.0557. The molecule has 4 aromatic heterocycles. The molecule has 1 amide bonds. The first-order valence-corrected chi connectivity index (χ1v) is 20.2. The van der Waals surface area contributed by atoms with Crippen LogP contribution in [-0.2, 0) is 43.4 Å². The number of hydrogen-bond acceptors (Lipinski definition) is 13. The van der Waals surface area contributed by atoms with E-state index < -0.39 is 0 Å². The average Bonchev–Trinajstić information content (AvgIpc) is 3.83. The molecule has 0 radical (unpaired) electrons. The number of ether oxygens (including phenoxy) is 5. The van der Waals surface area contributed by atoms with Gasteiger partial charge in [-0.25, -0.2) is 9.78 Å². The summed E-state index contributed by atoms with van der Waals surface area (Å²) in [5, 5.41) is 4.90. The van der Waals surface area contributed by atoms with E-state index in [-0.39, 0.29) is 30.5 Å². The number of benzene rings is 3. The maximum atomic E-state index is 13.0. The fourth-order valence-corrected chi connectivity index (χ4v) is 6.99. The number of H-pyrrole nitrogens is 1. The van der Waals surface area contributed by atoms with Crippen LogP contribution in [0.15, 0.2) is 82.3 Å². The molecule has 7 rings (SSSR count). The van der Waals surface area contributed by atoms with Crippen molar-refractivity contribution in [3.05, 3.63) is 106 Å². The monoisotopic (exact) mass is 832 g/mol. The molecule has 0 aliphatic rings. The lowest BCUT2D eigenvalue weighted by Crippen LogP contribution is -2.24. The van der Waals surface area contributed by atoms with Crippen molar-refractivity contribution in [1.82, 2.24) is 29.8 Å². The normalized spacial score (nSPS) is 11.5. The Labute approximate surface area is 352 Å². The lowest BCUT2D eigenvalue weighted by molar-refractivity contribution is -0.122. The molecule has 3 aromatic carbocycles. The van der Waals surface area contributed by atoms with Gasteiger partial charge >= 0.3 is 5.63 Å². The second-order valence-electron chi connectivity index (χ2n) is 14.7. The van der Waals surface area contributed by atoms with Crippen LogP contribution in [0.1, 0.15) is 28.8 Å². The summed E-state index contributed by atoms with van der Waals surface area (Å²) in [6.45, 7) is 8.99. The zero-order valence-electron chi connectivity index (χ0n) is 35.0. The van der Waals surface area contributed by atoms with Crippen molar-refractivity contribution >= 4 is 50.6 Å². The third kappa shape index (κ3) is 10.7. The van der Waals surface area contributed by atoms with Crippen molar-refractivity contribution < 1.29 is 32.9 Å². The Hall–Kier alpha value is -6.33. The Morgan fingerprint density at radius 3 is 2.23 bits per heavy atom. The highest BCUT2D eigenvalue weighted by atomic mass is 16.6. The Bertz CT molecular complexity index is 2620. The van der Waals surface area contributed by atoms with E-state index in [9.17, 15) is 9.59 Å². The standard InChI is InChI=1S/C45H52N8O8/c1-29-30(2)53(37-13-14-38-36(40(29)37)25-35(44(55)61-38)33-9-11-34(12-10-33)52(3)4)16-18-57-20-22-59-24-23-58-21-19-56-17-15-39(54)47-26-31-5-7-32(8-6-31)27-60-43-41-42(49-28-48-41)50-45(46)51-43/h5-14,25,28H,15-24,26-27H2,1-4H3,(H,47,54)(H3,46,48,49,50,51). The summed E-state index contributed by atoms with van der Waals surface area (Å²) in [4.78, 5) is 42.6. The van der Waals surface area contributed by atoms with Crippen molar-refractivity contribution in [2.45, 2.75) is 40.0 Å². The maximum Gasteiger partial charge on any atom is 0.344 e. The lowest BCUT2D eigenvalue weighted by atomic mass is 10.0. The molecule has 0 spiro atoms. The van der Waals surface area contributed by atoms with Gasteiger partial charge in [-0.1, -0.05) is 36.4 Å². The minimum absolute atomic E-state index is 0.0914. The number of fused-ring (bicyclic) bond motifs is 4. The van der Waals surface area contributed by atoms with Crippen LogP contribution in [0.3, 0.4) is 0 Å². The maximum absolute atomic E-state index is 13.0. The van der Waals surface area contributed by atoms with Gasteiger partial charge < -0.3 is 53.6 Å². The zero-order chi connectivity index (χ0) is 42.7. The summed E-state index contributed by atoms with van der Waals surface area (Å²) in [5.41, 5.74) is 14.7. The molecule has 0 saturated heterocycles. The van der Waals surface area contributed by atoms with E-state index in [1.165, 1.54) is 6.33 Å². The summed E-state index contributed by atoms with van der Waals surface area (Å²) in [7, 11) is 3.97. The van der Waals surface area contributed by atoms with Gasteiger partial charge in [-0.15, -0.1) is 0 Å². The number of nitrogens with zero attached hydrogens (tertiary/aromatic N) is 5. The van der Waals surface area contributed by atoms with Crippen LogP contribution in [0.4, 0.5) is 11.6 Å². The van der Waals surface area contributed by atoms with Gasteiger partial charge in [0.25, 0.3) is 0 Å². The van der Waals surface area contributed by atoms with Crippen molar-refractivity contribution in [1.29, 1.82) is 0 Å². The molecule has 4 N–H and O–H groups in total. The number of carbonyl (C=O) groups is 1. The molecule has 0 atom stereocenters. The highest BCUT2D eigenvalue weighted by Crippen LogP contribution is 2.34. The first-order valence-electron chi connectivity index (χ1n) is 20.2. The smallest absolute Gasteiger partial charge is 0.344 e. The Kier molecular flexibility index (Phi) is 14.2. The van der Waals surface area contributed by atoms with E-state index in [1.807, 2.05) is 85.7 Å². The van der Waals surface area contributed by atoms with Crippen LogP contribution < -0.4 is 26.3 Å². The number of amides is 1. The molecule has 0 aliphatic heterocycles.